The van der Waals surface area contributed by atoms with Gasteiger partial charge in [-0.2, -0.15) is 0 Å². The van der Waals surface area contributed by atoms with E-state index >= 15 is 0 Å². The first-order valence-corrected chi connectivity index (χ1v) is 7.81. The number of hydrogen-bond donors (Lipinski definition) is 1. The summed E-state index contributed by atoms with van der Waals surface area (Å²) < 4.78 is 16.0. The molecule has 24 heavy (non-hydrogen) atoms. The van der Waals surface area contributed by atoms with Crippen LogP contribution in [0.4, 0.5) is 5.69 Å². The topological polar surface area (TPSA) is 56.8 Å². The Bertz CT molecular complexity index is 753. The minimum atomic E-state index is -0.541. The summed E-state index contributed by atoms with van der Waals surface area (Å²) in [5, 5.41) is 2.99. The van der Waals surface area contributed by atoms with Crippen molar-refractivity contribution in [3.63, 3.8) is 0 Å². The van der Waals surface area contributed by atoms with E-state index < -0.39 is 5.41 Å². The van der Waals surface area contributed by atoms with Gasteiger partial charge in [-0.15, -0.1) is 0 Å². The fourth-order valence-corrected chi connectivity index (χ4v) is 2.94. The summed E-state index contributed by atoms with van der Waals surface area (Å²) in [5.41, 5.74) is 0.982. The van der Waals surface area contributed by atoms with Crippen molar-refractivity contribution >= 4 is 11.6 Å². The maximum absolute atomic E-state index is 13.0. The number of carbonyl (C=O) groups excluding carboxylic acids is 1. The van der Waals surface area contributed by atoms with E-state index in [0.29, 0.717) is 17.2 Å². The number of nitrogens with one attached hydrogen (secondary N) is 1. The lowest BCUT2D eigenvalue weighted by Crippen LogP contribution is -2.28. The van der Waals surface area contributed by atoms with Gasteiger partial charge < -0.3 is 19.5 Å². The molecule has 1 saturated carbocycles. The van der Waals surface area contributed by atoms with E-state index in [-0.39, 0.29) is 5.91 Å². The van der Waals surface area contributed by atoms with Crippen molar-refractivity contribution in [1.82, 2.24) is 0 Å². The lowest BCUT2D eigenvalue weighted by Gasteiger charge is -2.19. The van der Waals surface area contributed by atoms with Gasteiger partial charge in [-0.05, 0) is 31.0 Å². The fraction of sp³-hybridized carbons (Fsp3) is 0.316. The van der Waals surface area contributed by atoms with E-state index in [1.165, 1.54) is 0 Å². The number of hydrogen-bond acceptors (Lipinski definition) is 4. The van der Waals surface area contributed by atoms with Crippen LogP contribution in [0.2, 0.25) is 0 Å². The SMILES string of the molecule is COc1ccc(OC)c(NC(=O)C2(c3ccccc3OC)CC2)c1. The van der Waals surface area contributed by atoms with Crippen LogP contribution in [0.5, 0.6) is 17.2 Å². The lowest BCUT2D eigenvalue weighted by atomic mass is 9.94. The number of anilines is 1. The van der Waals surface area contributed by atoms with Crippen LogP contribution in [-0.4, -0.2) is 27.2 Å². The number of carbonyl (C=O) groups is 1. The Morgan fingerprint density at radius 2 is 1.67 bits per heavy atom. The largest absolute Gasteiger partial charge is 0.497 e. The Balaban J connectivity index is 1.90. The van der Waals surface area contributed by atoms with Crippen molar-refractivity contribution in [1.29, 1.82) is 0 Å². The van der Waals surface area contributed by atoms with E-state index in [4.69, 9.17) is 14.2 Å². The third-order valence-corrected chi connectivity index (χ3v) is 4.46. The second-order valence-corrected chi connectivity index (χ2v) is 5.80. The zero-order valence-corrected chi connectivity index (χ0v) is 14.1. The van der Waals surface area contributed by atoms with Gasteiger partial charge in [0.2, 0.25) is 5.91 Å². The van der Waals surface area contributed by atoms with Gasteiger partial charge in [0.15, 0.2) is 0 Å². The molecule has 1 amide bonds. The number of ether oxygens (including phenoxy) is 3. The molecule has 5 nitrogen and oxygen atoms in total. The number of methoxy groups -OCH3 is 3. The van der Waals surface area contributed by atoms with Crippen molar-refractivity contribution in [3.05, 3.63) is 48.0 Å². The molecular formula is C19H21NO4. The standard InChI is InChI=1S/C19H21NO4/c1-22-13-8-9-17(24-3)15(12-13)20-18(21)19(10-11-19)14-6-4-5-7-16(14)23-2/h4-9,12H,10-11H2,1-3H3,(H,20,21). The minimum Gasteiger partial charge on any atom is -0.497 e. The first kappa shape index (κ1) is 16.2. The quantitative estimate of drug-likeness (QED) is 0.884. The molecule has 0 saturated heterocycles. The molecule has 1 aliphatic rings. The highest BCUT2D eigenvalue weighted by Crippen LogP contribution is 2.52. The molecule has 2 aromatic carbocycles. The molecule has 0 unspecified atom stereocenters. The van der Waals surface area contributed by atoms with Gasteiger partial charge in [-0.3, -0.25) is 4.79 Å². The van der Waals surface area contributed by atoms with Gasteiger partial charge >= 0.3 is 0 Å². The van der Waals surface area contributed by atoms with Crippen LogP contribution in [0, 0.1) is 0 Å². The molecule has 0 heterocycles. The number of benzene rings is 2. The maximum atomic E-state index is 13.0. The molecule has 0 aromatic heterocycles. The minimum absolute atomic E-state index is 0.0569. The van der Waals surface area contributed by atoms with Crippen LogP contribution in [-0.2, 0) is 10.2 Å². The highest BCUT2D eigenvalue weighted by Gasteiger charge is 2.53. The molecule has 126 valence electrons. The van der Waals surface area contributed by atoms with Crippen molar-refractivity contribution in [2.75, 3.05) is 26.6 Å². The first-order chi connectivity index (χ1) is 11.6. The smallest absolute Gasteiger partial charge is 0.235 e. The molecule has 3 rings (SSSR count). The molecule has 0 aliphatic heterocycles. The second-order valence-electron chi connectivity index (χ2n) is 5.80. The van der Waals surface area contributed by atoms with Crippen LogP contribution < -0.4 is 19.5 Å². The Morgan fingerprint density at radius 1 is 0.958 bits per heavy atom. The summed E-state index contributed by atoms with van der Waals surface area (Å²) in [6.45, 7) is 0. The van der Waals surface area contributed by atoms with Crippen LogP contribution in [0.3, 0.4) is 0 Å². The van der Waals surface area contributed by atoms with Crippen molar-refractivity contribution in [2.24, 2.45) is 0 Å². The summed E-state index contributed by atoms with van der Waals surface area (Å²) in [4.78, 5) is 13.0. The van der Waals surface area contributed by atoms with E-state index in [0.717, 1.165) is 24.2 Å². The number of rotatable bonds is 6. The van der Waals surface area contributed by atoms with Crippen molar-refractivity contribution in [2.45, 2.75) is 18.3 Å². The van der Waals surface area contributed by atoms with Crippen LogP contribution in [0.1, 0.15) is 18.4 Å². The molecule has 0 bridgehead atoms. The van der Waals surface area contributed by atoms with E-state index in [1.807, 2.05) is 24.3 Å². The summed E-state index contributed by atoms with van der Waals surface area (Å²) in [7, 11) is 4.78. The van der Waals surface area contributed by atoms with E-state index in [9.17, 15) is 4.79 Å². The average molecular weight is 327 g/mol. The summed E-state index contributed by atoms with van der Waals surface area (Å²) in [5.74, 6) is 1.94. The zero-order chi connectivity index (χ0) is 17.2. The zero-order valence-electron chi connectivity index (χ0n) is 14.1. The number of para-hydroxylation sites is 1. The van der Waals surface area contributed by atoms with Gasteiger partial charge in [0.25, 0.3) is 0 Å². The van der Waals surface area contributed by atoms with Gasteiger partial charge in [-0.1, -0.05) is 18.2 Å². The van der Waals surface area contributed by atoms with Crippen LogP contribution in [0.15, 0.2) is 42.5 Å². The maximum Gasteiger partial charge on any atom is 0.235 e. The monoisotopic (exact) mass is 327 g/mol. The van der Waals surface area contributed by atoms with Gasteiger partial charge in [-0.25, -0.2) is 0 Å². The summed E-state index contributed by atoms with van der Waals surface area (Å²) in [6, 6.07) is 13.0. The van der Waals surface area contributed by atoms with Crippen LogP contribution in [0.25, 0.3) is 0 Å². The molecule has 0 spiro atoms. The van der Waals surface area contributed by atoms with E-state index in [2.05, 4.69) is 5.32 Å². The highest BCUT2D eigenvalue weighted by molar-refractivity contribution is 6.02. The van der Waals surface area contributed by atoms with E-state index in [1.54, 1.807) is 39.5 Å². The molecule has 5 heteroatoms. The van der Waals surface area contributed by atoms with Crippen molar-refractivity contribution < 1.29 is 19.0 Å². The Kier molecular flexibility index (Phi) is 4.34. The molecule has 1 fully saturated rings. The second kappa shape index (κ2) is 6.43. The molecule has 1 aliphatic carbocycles. The number of amides is 1. The normalized spacial score (nSPS) is 14.6. The third-order valence-electron chi connectivity index (χ3n) is 4.46. The molecule has 0 atom stereocenters. The Labute approximate surface area is 141 Å². The van der Waals surface area contributed by atoms with Crippen molar-refractivity contribution in [3.8, 4) is 17.2 Å². The predicted molar refractivity (Wildman–Crippen MR) is 92.1 cm³/mol. The summed E-state index contributed by atoms with van der Waals surface area (Å²) >= 11 is 0. The summed E-state index contributed by atoms with van der Waals surface area (Å²) in [6.07, 6.45) is 1.59. The first-order valence-electron chi connectivity index (χ1n) is 7.81. The fourth-order valence-electron chi connectivity index (χ4n) is 2.94. The van der Waals surface area contributed by atoms with Crippen LogP contribution >= 0.6 is 0 Å². The third kappa shape index (κ3) is 2.77. The molecular weight excluding hydrogens is 306 g/mol. The average Bonchev–Trinajstić information content (AvgIpc) is 3.43. The molecule has 1 N–H and O–H groups in total. The van der Waals surface area contributed by atoms with Gasteiger partial charge in [0.05, 0.1) is 32.4 Å². The Morgan fingerprint density at radius 3 is 2.29 bits per heavy atom. The predicted octanol–water partition coefficient (Wildman–Crippen LogP) is 3.38. The Hall–Kier alpha value is -2.69. The van der Waals surface area contributed by atoms with Gasteiger partial charge in [0, 0.05) is 11.6 Å². The van der Waals surface area contributed by atoms with Gasteiger partial charge in [0.1, 0.15) is 17.2 Å². The molecule has 2 aromatic rings. The lowest BCUT2D eigenvalue weighted by molar-refractivity contribution is -0.118. The molecule has 0 radical (unpaired) electrons. The highest BCUT2D eigenvalue weighted by atomic mass is 16.5.